The molecule has 0 aliphatic rings. The van der Waals surface area contributed by atoms with Crippen LogP contribution >= 0.6 is 20.6 Å². The van der Waals surface area contributed by atoms with Gasteiger partial charge in [-0.3, -0.25) is 0 Å². The maximum absolute atomic E-state index is 8.22. The molecule has 0 heterocycles. The van der Waals surface area contributed by atoms with Crippen LogP contribution in [0.15, 0.2) is 0 Å². The maximum atomic E-state index is 8.22. The van der Waals surface area contributed by atoms with E-state index in [1.54, 1.807) is 0 Å². The Morgan fingerprint density at radius 3 is 1.71 bits per heavy atom. The third-order valence-corrected chi connectivity index (χ3v) is 2.01. The van der Waals surface area contributed by atoms with E-state index < -0.39 is 7.94 Å². The van der Waals surface area contributed by atoms with Crippen LogP contribution in [0.3, 0.4) is 0 Å². The molecule has 0 aliphatic carbocycles. The Morgan fingerprint density at radius 2 is 1.71 bits per heavy atom. The molecule has 0 spiro atoms. The van der Waals surface area contributed by atoms with Crippen LogP contribution in [-0.4, -0.2) is 26.6 Å². The van der Waals surface area contributed by atoms with Crippen LogP contribution in [0.5, 0.6) is 0 Å². The van der Waals surface area contributed by atoms with Crippen LogP contribution < -0.4 is 0 Å². The van der Waals surface area contributed by atoms with E-state index in [9.17, 15) is 0 Å². The van der Waals surface area contributed by atoms with Crippen LogP contribution in [0.25, 0.3) is 0 Å². The fraction of sp³-hybridized carbons (Fsp3) is 1.00. The molecule has 0 aromatic carbocycles. The van der Waals surface area contributed by atoms with Crippen molar-refractivity contribution in [1.29, 1.82) is 0 Å². The van der Waals surface area contributed by atoms with Gasteiger partial charge in [-0.1, -0.05) is 0 Å². The van der Waals surface area contributed by atoms with Gasteiger partial charge in [0.15, 0.2) is 0 Å². The molecular formula is C2H9O3PS. The second-order valence-electron chi connectivity index (χ2n) is 1.25. The van der Waals surface area contributed by atoms with E-state index in [4.69, 9.17) is 14.7 Å². The van der Waals surface area contributed by atoms with E-state index in [1.807, 2.05) is 0 Å². The van der Waals surface area contributed by atoms with Gasteiger partial charge < -0.3 is 0 Å². The van der Waals surface area contributed by atoms with Gasteiger partial charge in [0.05, 0.1) is 0 Å². The summed E-state index contributed by atoms with van der Waals surface area (Å²) in [6, 6.07) is 0. The predicted molar refractivity (Wildman–Crippen MR) is 33.7 cm³/mol. The molecule has 46 valence electrons. The molecule has 0 saturated heterocycles. The molecule has 3 N–H and O–H groups in total. The summed E-state index contributed by atoms with van der Waals surface area (Å²) in [4.78, 5) is 24.7. The van der Waals surface area contributed by atoms with Crippen LogP contribution in [0.1, 0.15) is 0 Å². The Bertz CT molecular complexity index is 51.4. The monoisotopic (exact) mass is 144 g/mol. The third kappa shape index (κ3) is 6.66. The molecule has 5 heteroatoms. The van der Waals surface area contributed by atoms with Crippen LogP contribution in [0.4, 0.5) is 0 Å². The van der Waals surface area contributed by atoms with Crippen LogP contribution in [0.2, 0.25) is 0 Å². The summed E-state index contributed by atoms with van der Waals surface area (Å²) in [6.07, 6.45) is 0.0100. The van der Waals surface area contributed by atoms with Crippen molar-refractivity contribution in [2.24, 2.45) is 0 Å². The average molecular weight is 144 g/mol. The number of rotatable bonds is 2. The Balaban J connectivity index is 3.15. The summed E-state index contributed by atoms with van der Waals surface area (Å²) in [5.41, 5.74) is 0. The summed E-state index contributed by atoms with van der Waals surface area (Å²) < 4.78 is 0. The molecule has 0 radical (unpaired) electrons. The molecule has 0 atom stereocenters. The topological polar surface area (TPSA) is 60.7 Å². The Hall–Kier alpha value is 0.660. The first-order valence-corrected chi connectivity index (χ1v) is 4.52. The normalized spacial score (nSPS) is 14.3. The van der Waals surface area contributed by atoms with Crippen molar-refractivity contribution < 1.29 is 14.7 Å². The third-order valence-electron chi connectivity index (χ3n) is 0.447. The molecule has 0 amide bonds. The first-order valence-electron chi connectivity index (χ1n) is 1.84. The van der Waals surface area contributed by atoms with Crippen molar-refractivity contribution in [2.45, 2.75) is 0 Å². The van der Waals surface area contributed by atoms with Crippen molar-refractivity contribution in [3.05, 3.63) is 0 Å². The Kier molecular flexibility index (Phi) is 3.11. The van der Waals surface area contributed by atoms with E-state index in [0.717, 1.165) is 0 Å². The molecule has 0 fully saturated rings. The van der Waals surface area contributed by atoms with Crippen LogP contribution in [-0.2, 0) is 0 Å². The molecule has 0 rings (SSSR count). The quantitative estimate of drug-likeness (QED) is 0.309. The molecular weight excluding hydrogens is 135 g/mol. The van der Waals surface area contributed by atoms with Gasteiger partial charge in [-0.15, -0.1) is 0 Å². The first kappa shape index (κ1) is 7.66. The minimum absolute atomic E-state index is 0.0100. The zero-order valence-electron chi connectivity index (χ0n) is 3.70. The zero-order valence-corrected chi connectivity index (χ0v) is 5.60. The van der Waals surface area contributed by atoms with Gasteiger partial charge in [0.1, 0.15) is 0 Å². The first-order chi connectivity index (χ1) is 3.06. The van der Waals surface area contributed by atoms with Crippen LogP contribution in [0, 0.1) is 0 Å². The molecule has 0 bridgehead atoms. The summed E-state index contributed by atoms with van der Waals surface area (Å²) in [6.45, 7) is 0. The van der Waals surface area contributed by atoms with E-state index >= 15 is 0 Å². The second-order valence-corrected chi connectivity index (χ2v) is 3.74. The van der Waals surface area contributed by atoms with Gasteiger partial charge in [0.25, 0.3) is 0 Å². The number of thiol groups is 1. The molecule has 3 nitrogen and oxygen atoms in total. The summed E-state index contributed by atoms with van der Waals surface area (Å²) >= 11 is 3.67. The van der Waals surface area contributed by atoms with Gasteiger partial charge in [-0.05, 0) is 0 Å². The van der Waals surface area contributed by atoms with Crippen molar-refractivity contribution in [1.82, 2.24) is 0 Å². The Labute approximate surface area is 48.0 Å². The minimum atomic E-state index is -3.73. The van der Waals surface area contributed by atoms with Gasteiger partial charge in [0, 0.05) is 0 Å². The van der Waals surface area contributed by atoms with E-state index in [2.05, 4.69) is 12.6 Å². The molecule has 0 aliphatic heterocycles. The molecule has 7 heavy (non-hydrogen) atoms. The van der Waals surface area contributed by atoms with Gasteiger partial charge in [0.2, 0.25) is 0 Å². The van der Waals surface area contributed by atoms with Crippen molar-refractivity contribution in [3.8, 4) is 0 Å². The Morgan fingerprint density at radius 1 is 1.29 bits per heavy atom. The van der Waals surface area contributed by atoms with Gasteiger partial charge in [-0.2, -0.15) is 0 Å². The second kappa shape index (κ2) is 2.84. The van der Waals surface area contributed by atoms with Gasteiger partial charge >= 0.3 is 47.2 Å². The summed E-state index contributed by atoms with van der Waals surface area (Å²) in [5.74, 6) is 0.315. The molecule has 0 aromatic rings. The SMILES string of the molecule is O[PH](O)(O)CCS. The van der Waals surface area contributed by atoms with E-state index in [-0.39, 0.29) is 6.16 Å². The standard InChI is InChI=1S/C2H9O3PS/c3-6(4,5)1-2-7/h3-7H,1-2H2. The number of hydrogen-bond acceptors (Lipinski definition) is 4. The summed E-state index contributed by atoms with van der Waals surface area (Å²) in [7, 11) is -3.73. The van der Waals surface area contributed by atoms with E-state index in [0.29, 0.717) is 5.75 Å². The van der Waals surface area contributed by atoms with Crippen molar-refractivity contribution in [2.75, 3.05) is 11.9 Å². The fourth-order valence-corrected chi connectivity index (χ4v) is 1.35. The van der Waals surface area contributed by atoms with Gasteiger partial charge in [-0.25, -0.2) is 0 Å². The predicted octanol–water partition coefficient (Wildman–Crippen LogP) is -0.612. The zero-order chi connectivity index (χ0) is 5.91. The molecule has 0 unspecified atom stereocenters. The number of hydrogen-bond donors (Lipinski definition) is 4. The summed E-state index contributed by atoms with van der Waals surface area (Å²) in [5, 5.41) is 0. The van der Waals surface area contributed by atoms with Crippen molar-refractivity contribution >= 4 is 20.6 Å². The molecule has 0 saturated carbocycles. The fourth-order valence-electron chi connectivity index (χ4n) is 0.150. The average Bonchev–Trinajstić information content (AvgIpc) is 1.30. The van der Waals surface area contributed by atoms with Crippen molar-refractivity contribution in [3.63, 3.8) is 0 Å². The molecule has 0 aromatic heterocycles. The van der Waals surface area contributed by atoms with E-state index in [1.165, 1.54) is 0 Å².